The van der Waals surface area contributed by atoms with Crippen molar-refractivity contribution in [2.45, 2.75) is 83.0 Å². The van der Waals surface area contributed by atoms with Crippen LogP contribution in [0, 0.1) is 0 Å². The molecular formula is C29H39Cl2NO5Si. The van der Waals surface area contributed by atoms with Gasteiger partial charge in [0.1, 0.15) is 12.2 Å². The first-order chi connectivity index (χ1) is 17.8. The van der Waals surface area contributed by atoms with Crippen LogP contribution in [0.5, 0.6) is 0 Å². The molecule has 0 radical (unpaired) electrons. The standard InChI is InChI=1S/C29H39Cl2NO5Si/c1-8-23(18-36-38(6,7)29(2,3)4)32-26(19-12-14-21(30)15-13-19)27(20-10-9-11-22(31)16-20)37-24(28(32)34)17-25(33)35-5/h9-16,23-24,26-27H,8,17-18H2,1-7H3/t23-,24+,26+,27+/m0/s1. The zero-order chi connectivity index (χ0) is 28.3. The molecule has 0 saturated carbocycles. The summed E-state index contributed by atoms with van der Waals surface area (Å²) >= 11 is 12.6. The van der Waals surface area contributed by atoms with Gasteiger partial charge in [0.05, 0.1) is 32.2 Å². The van der Waals surface area contributed by atoms with Crippen LogP contribution in [0.3, 0.4) is 0 Å². The van der Waals surface area contributed by atoms with Crippen LogP contribution in [-0.2, 0) is 23.5 Å². The number of halogens is 2. The van der Waals surface area contributed by atoms with Gasteiger partial charge in [-0.3, -0.25) is 9.59 Å². The molecular weight excluding hydrogens is 541 g/mol. The second-order valence-electron chi connectivity index (χ2n) is 11.3. The van der Waals surface area contributed by atoms with E-state index in [4.69, 9.17) is 37.1 Å². The Hall–Kier alpha value is -1.90. The Morgan fingerprint density at radius 3 is 2.29 bits per heavy atom. The summed E-state index contributed by atoms with van der Waals surface area (Å²) in [5.41, 5.74) is 1.68. The Morgan fingerprint density at radius 2 is 1.74 bits per heavy atom. The van der Waals surface area contributed by atoms with Gasteiger partial charge in [-0.25, -0.2) is 0 Å². The second kappa shape index (κ2) is 12.5. The zero-order valence-corrected chi connectivity index (χ0v) is 25.8. The average Bonchev–Trinajstić information content (AvgIpc) is 2.85. The highest BCUT2D eigenvalue weighted by Gasteiger charge is 2.48. The Kier molecular flexibility index (Phi) is 10.1. The van der Waals surface area contributed by atoms with Crippen molar-refractivity contribution in [3.8, 4) is 0 Å². The van der Waals surface area contributed by atoms with Crippen molar-refractivity contribution in [2.24, 2.45) is 0 Å². The Labute approximate surface area is 237 Å². The number of esters is 1. The van der Waals surface area contributed by atoms with Gasteiger partial charge >= 0.3 is 5.97 Å². The summed E-state index contributed by atoms with van der Waals surface area (Å²) in [5, 5.41) is 1.17. The molecule has 4 atom stereocenters. The molecule has 0 bridgehead atoms. The fraction of sp³-hybridized carbons (Fsp3) is 0.517. The van der Waals surface area contributed by atoms with Gasteiger partial charge in [-0.15, -0.1) is 0 Å². The first kappa shape index (κ1) is 30.6. The molecule has 0 aliphatic carbocycles. The minimum atomic E-state index is -2.09. The Balaban J connectivity index is 2.13. The van der Waals surface area contributed by atoms with Crippen LogP contribution in [-0.4, -0.2) is 51.0 Å². The second-order valence-corrected chi connectivity index (χ2v) is 16.9. The predicted molar refractivity (Wildman–Crippen MR) is 154 cm³/mol. The molecule has 1 heterocycles. The van der Waals surface area contributed by atoms with E-state index in [-0.39, 0.29) is 23.4 Å². The molecule has 9 heteroatoms. The van der Waals surface area contributed by atoms with Gasteiger partial charge in [-0.05, 0) is 59.9 Å². The number of methoxy groups -OCH3 is 1. The van der Waals surface area contributed by atoms with Gasteiger partial charge in [0.25, 0.3) is 5.91 Å². The maximum Gasteiger partial charge on any atom is 0.308 e. The van der Waals surface area contributed by atoms with Crippen LogP contribution >= 0.6 is 23.2 Å². The smallest absolute Gasteiger partial charge is 0.308 e. The fourth-order valence-electron chi connectivity index (χ4n) is 4.39. The fourth-order valence-corrected chi connectivity index (χ4v) is 5.76. The molecule has 1 fully saturated rings. The predicted octanol–water partition coefficient (Wildman–Crippen LogP) is 7.37. The van der Waals surface area contributed by atoms with Gasteiger partial charge < -0.3 is 18.8 Å². The SMILES string of the molecule is CC[C@@H](CO[Si](C)(C)C(C)(C)C)N1C(=O)[C@@H](CC(=O)OC)O[C@H](c2cccc(Cl)c2)[C@H]1c1ccc(Cl)cc1. The third kappa shape index (κ3) is 6.99. The van der Waals surface area contributed by atoms with E-state index in [1.807, 2.05) is 54.3 Å². The molecule has 0 N–H and O–H groups in total. The number of benzene rings is 2. The van der Waals surface area contributed by atoms with Crippen LogP contribution in [0.15, 0.2) is 48.5 Å². The van der Waals surface area contributed by atoms with Crippen molar-refractivity contribution in [2.75, 3.05) is 13.7 Å². The van der Waals surface area contributed by atoms with Crippen molar-refractivity contribution < 1.29 is 23.5 Å². The van der Waals surface area contributed by atoms with Crippen molar-refractivity contribution in [1.82, 2.24) is 4.90 Å². The van der Waals surface area contributed by atoms with Crippen molar-refractivity contribution in [3.63, 3.8) is 0 Å². The monoisotopic (exact) mass is 579 g/mol. The Morgan fingerprint density at radius 1 is 1.08 bits per heavy atom. The molecule has 38 heavy (non-hydrogen) atoms. The molecule has 1 amide bonds. The lowest BCUT2D eigenvalue weighted by atomic mass is 9.89. The van der Waals surface area contributed by atoms with E-state index in [9.17, 15) is 9.59 Å². The van der Waals surface area contributed by atoms with E-state index in [0.29, 0.717) is 23.1 Å². The minimum Gasteiger partial charge on any atom is -0.469 e. The molecule has 208 valence electrons. The molecule has 0 aromatic heterocycles. The maximum absolute atomic E-state index is 14.1. The highest BCUT2D eigenvalue weighted by molar-refractivity contribution is 6.74. The van der Waals surface area contributed by atoms with Crippen LogP contribution < -0.4 is 0 Å². The first-order valence-electron chi connectivity index (χ1n) is 13.0. The van der Waals surface area contributed by atoms with E-state index < -0.39 is 32.5 Å². The van der Waals surface area contributed by atoms with Crippen LogP contribution in [0.2, 0.25) is 28.2 Å². The lowest BCUT2D eigenvalue weighted by Crippen LogP contribution is -2.57. The highest BCUT2D eigenvalue weighted by Crippen LogP contribution is 2.45. The van der Waals surface area contributed by atoms with E-state index in [0.717, 1.165) is 11.1 Å². The number of hydrogen-bond donors (Lipinski definition) is 0. The van der Waals surface area contributed by atoms with Crippen molar-refractivity contribution >= 4 is 43.4 Å². The summed E-state index contributed by atoms with van der Waals surface area (Å²) in [4.78, 5) is 28.2. The van der Waals surface area contributed by atoms with Crippen LogP contribution in [0.1, 0.15) is 63.8 Å². The van der Waals surface area contributed by atoms with Crippen molar-refractivity contribution in [1.29, 1.82) is 0 Å². The summed E-state index contributed by atoms with van der Waals surface area (Å²) in [6.45, 7) is 13.4. The topological polar surface area (TPSA) is 65.1 Å². The maximum atomic E-state index is 14.1. The van der Waals surface area contributed by atoms with Gasteiger partial charge in [-0.2, -0.15) is 0 Å². The Bertz CT molecular complexity index is 1120. The van der Waals surface area contributed by atoms with Crippen molar-refractivity contribution in [3.05, 3.63) is 69.7 Å². The third-order valence-electron chi connectivity index (χ3n) is 7.70. The summed E-state index contributed by atoms with van der Waals surface area (Å²) in [6.07, 6.45) is -1.10. The molecule has 6 nitrogen and oxygen atoms in total. The quantitative estimate of drug-likeness (QED) is 0.229. The normalized spacial score (nSPS) is 21.3. The minimum absolute atomic E-state index is 0.0205. The number of hydrogen-bond acceptors (Lipinski definition) is 5. The molecule has 1 saturated heterocycles. The van der Waals surface area contributed by atoms with Crippen LogP contribution in [0.25, 0.3) is 0 Å². The molecule has 3 rings (SSSR count). The van der Waals surface area contributed by atoms with E-state index in [1.54, 1.807) is 6.07 Å². The van der Waals surface area contributed by atoms with Gasteiger partial charge in [0.15, 0.2) is 8.32 Å². The van der Waals surface area contributed by atoms with E-state index in [1.165, 1.54) is 7.11 Å². The number of carbonyl (C=O) groups excluding carboxylic acids is 2. The molecule has 1 aliphatic heterocycles. The molecule has 0 spiro atoms. The molecule has 2 aromatic rings. The van der Waals surface area contributed by atoms with Gasteiger partial charge in [-0.1, -0.05) is 75.2 Å². The number of nitrogens with zero attached hydrogens (tertiary/aromatic N) is 1. The first-order valence-corrected chi connectivity index (χ1v) is 16.6. The number of ether oxygens (including phenoxy) is 2. The number of carbonyl (C=O) groups is 2. The van der Waals surface area contributed by atoms with Gasteiger partial charge in [0, 0.05) is 10.0 Å². The summed E-state index contributed by atoms with van der Waals surface area (Å²) in [7, 11) is -0.788. The largest absolute Gasteiger partial charge is 0.469 e. The number of amides is 1. The lowest BCUT2D eigenvalue weighted by Gasteiger charge is -2.48. The number of rotatable bonds is 9. The molecule has 2 aromatic carbocycles. The average molecular weight is 581 g/mol. The van der Waals surface area contributed by atoms with E-state index in [2.05, 4.69) is 33.9 Å². The highest BCUT2D eigenvalue weighted by atomic mass is 35.5. The summed E-state index contributed by atoms with van der Waals surface area (Å²) in [5.74, 6) is -0.775. The zero-order valence-electron chi connectivity index (χ0n) is 23.3. The number of morpholine rings is 1. The summed E-state index contributed by atoms with van der Waals surface area (Å²) in [6, 6.07) is 14.1. The van der Waals surface area contributed by atoms with Gasteiger partial charge in [0.2, 0.25) is 0 Å². The lowest BCUT2D eigenvalue weighted by molar-refractivity contribution is -0.185. The summed E-state index contributed by atoms with van der Waals surface area (Å²) < 4.78 is 17.9. The van der Waals surface area contributed by atoms with Crippen LogP contribution in [0.4, 0.5) is 0 Å². The van der Waals surface area contributed by atoms with E-state index >= 15 is 0 Å². The third-order valence-corrected chi connectivity index (χ3v) is 12.7. The molecule has 1 aliphatic rings. The molecule has 0 unspecified atom stereocenters.